The topological polar surface area (TPSA) is 107 Å². The second-order valence-corrected chi connectivity index (χ2v) is 11.4. The van der Waals surface area contributed by atoms with Crippen molar-refractivity contribution < 1.29 is 27.9 Å². The zero-order valence-corrected chi connectivity index (χ0v) is 21.6. The standard InChI is InChI=1S/C25H28ClN3O6S/c1-27(2)36(33,34)20-9-5-18(6-10-20)23(30)21-22(17-3-7-19(26)8-4-17)29(25(32)24(21)31)12-11-28-13-15-35-16-14-28/h3-10,22,30H,11-16H2,1-2H3/b23-21+. The number of benzene rings is 2. The highest BCUT2D eigenvalue weighted by atomic mass is 35.5. The molecule has 0 bridgehead atoms. The average Bonchev–Trinajstić information content (AvgIpc) is 3.13. The zero-order valence-electron chi connectivity index (χ0n) is 20.1. The van der Waals surface area contributed by atoms with Crippen LogP contribution in [0.3, 0.4) is 0 Å². The fraction of sp³-hybridized carbons (Fsp3) is 0.360. The molecule has 1 atom stereocenters. The van der Waals surface area contributed by atoms with Gasteiger partial charge in [0, 0.05) is 50.9 Å². The van der Waals surface area contributed by atoms with Crippen molar-refractivity contribution in [3.8, 4) is 0 Å². The molecule has 0 radical (unpaired) electrons. The highest BCUT2D eigenvalue weighted by Gasteiger charge is 2.46. The average molecular weight is 534 g/mol. The molecule has 0 aliphatic carbocycles. The van der Waals surface area contributed by atoms with Gasteiger partial charge in [0.2, 0.25) is 10.0 Å². The predicted molar refractivity (Wildman–Crippen MR) is 135 cm³/mol. The van der Waals surface area contributed by atoms with Crippen LogP contribution in [0.15, 0.2) is 59.0 Å². The molecule has 0 aromatic heterocycles. The maximum absolute atomic E-state index is 13.2. The van der Waals surface area contributed by atoms with E-state index in [0.29, 0.717) is 30.3 Å². The molecule has 2 aliphatic rings. The van der Waals surface area contributed by atoms with Crippen LogP contribution in [0.25, 0.3) is 5.76 Å². The molecular formula is C25H28ClN3O6S. The minimum atomic E-state index is -3.66. The molecule has 36 heavy (non-hydrogen) atoms. The number of halogens is 1. The number of aliphatic hydroxyl groups is 1. The number of rotatable bonds is 7. The van der Waals surface area contributed by atoms with Crippen molar-refractivity contribution in [2.75, 3.05) is 53.5 Å². The maximum atomic E-state index is 13.2. The molecular weight excluding hydrogens is 506 g/mol. The van der Waals surface area contributed by atoms with Crippen molar-refractivity contribution in [1.82, 2.24) is 14.1 Å². The maximum Gasteiger partial charge on any atom is 0.295 e. The van der Waals surface area contributed by atoms with E-state index >= 15 is 0 Å². The third kappa shape index (κ3) is 5.18. The van der Waals surface area contributed by atoms with Crippen LogP contribution >= 0.6 is 11.6 Å². The van der Waals surface area contributed by atoms with Gasteiger partial charge in [-0.15, -0.1) is 0 Å². The van der Waals surface area contributed by atoms with Crippen molar-refractivity contribution in [3.05, 3.63) is 70.3 Å². The molecule has 0 spiro atoms. The summed E-state index contributed by atoms with van der Waals surface area (Å²) in [5.41, 5.74) is 0.819. The molecule has 2 aromatic carbocycles. The number of nitrogens with zero attached hydrogens (tertiary/aromatic N) is 3. The number of Topliss-reactive ketones (excluding diaryl/α,β-unsaturated/α-hetero) is 1. The Morgan fingerprint density at radius 3 is 2.22 bits per heavy atom. The summed E-state index contributed by atoms with van der Waals surface area (Å²) in [6.07, 6.45) is 0. The Kier molecular flexibility index (Phi) is 7.82. The lowest BCUT2D eigenvalue weighted by molar-refractivity contribution is -0.140. The van der Waals surface area contributed by atoms with Crippen LogP contribution in [0.4, 0.5) is 0 Å². The van der Waals surface area contributed by atoms with Crippen LogP contribution in [0.5, 0.6) is 0 Å². The first-order chi connectivity index (χ1) is 17.1. The monoisotopic (exact) mass is 533 g/mol. The van der Waals surface area contributed by atoms with Crippen LogP contribution in [-0.2, 0) is 24.3 Å². The normalized spacial score (nSPS) is 20.9. The van der Waals surface area contributed by atoms with Gasteiger partial charge in [0.1, 0.15) is 5.76 Å². The van der Waals surface area contributed by atoms with Gasteiger partial charge >= 0.3 is 0 Å². The smallest absolute Gasteiger partial charge is 0.295 e. The van der Waals surface area contributed by atoms with E-state index in [1.54, 1.807) is 24.3 Å². The summed E-state index contributed by atoms with van der Waals surface area (Å²) >= 11 is 6.06. The fourth-order valence-corrected chi connectivity index (χ4v) is 5.35. The third-order valence-corrected chi connectivity index (χ3v) is 8.47. The second kappa shape index (κ2) is 10.7. The van der Waals surface area contributed by atoms with E-state index in [4.69, 9.17) is 16.3 Å². The van der Waals surface area contributed by atoms with Gasteiger partial charge < -0.3 is 14.7 Å². The summed E-state index contributed by atoms with van der Waals surface area (Å²) in [6, 6.07) is 11.5. The molecule has 0 saturated carbocycles. The van der Waals surface area contributed by atoms with Gasteiger partial charge in [-0.1, -0.05) is 23.7 Å². The molecule has 1 unspecified atom stereocenters. The molecule has 2 aliphatic heterocycles. The molecule has 2 fully saturated rings. The molecule has 11 heteroatoms. The Labute approximate surface area is 215 Å². The van der Waals surface area contributed by atoms with Crippen molar-refractivity contribution in [3.63, 3.8) is 0 Å². The molecule has 2 aromatic rings. The minimum absolute atomic E-state index is 0.0456. The van der Waals surface area contributed by atoms with E-state index in [1.165, 1.54) is 43.3 Å². The third-order valence-electron chi connectivity index (χ3n) is 6.39. The van der Waals surface area contributed by atoms with Gasteiger partial charge in [0.05, 0.1) is 29.7 Å². The van der Waals surface area contributed by atoms with Crippen LogP contribution in [0.1, 0.15) is 17.2 Å². The van der Waals surface area contributed by atoms with Gasteiger partial charge in [-0.3, -0.25) is 14.5 Å². The number of amides is 1. The minimum Gasteiger partial charge on any atom is -0.507 e. The SMILES string of the molecule is CN(C)S(=O)(=O)c1ccc(/C(O)=C2\C(=O)C(=O)N(CCN3CCOCC3)C2c2ccc(Cl)cc2)cc1. The Bertz CT molecular complexity index is 1270. The quantitative estimate of drug-likeness (QED) is 0.331. The second-order valence-electron chi connectivity index (χ2n) is 8.81. The number of aliphatic hydroxyl groups excluding tert-OH is 1. The van der Waals surface area contributed by atoms with Gasteiger partial charge in [-0.05, 0) is 42.0 Å². The van der Waals surface area contributed by atoms with E-state index in [9.17, 15) is 23.1 Å². The predicted octanol–water partition coefficient (Wildman–Crippen LogP) is 2.34. The van der Waals surface area contributed by atoms with E-state index < -0.39 is 27.8 Å². The van der Waals surface area contributed by atoms with Crippen LogP contribution in [0.2, 0.25) is 5.02 Å². The molecule has 2 heterocycles. The number of hydrogen-bond donors (Lipinski definition) is 1. The van der Waals surface area contributed by atoms with Crippen molar-refractivity contribution in [2.45, 2.75) is 10.9 Å². The Hall–Kier alpha value is -2.76. The molecule has 192 valence electrons. The molecule has 2 saturated heterocycles. The van der Waals surface area contributed by atoms with Crippen LogP contribution in [-0.4, -0.2) is 92.8 Å². The highest BCUT2D eigenvalue weighted by Crippen LogP contribution is 2.39. The lowest BCUT2D eigenvalue weighted by Gasteiger charge is -2.31. The number of carbonyl (C=O) groups excluding carboxylic acids is 2. The van der Waals surface area contributed by atoms with Gasteiger partial charge in [-0.25, -0.2) is 12.7 Å². The summed E-state index contributed by atoms with van der Waals surface area (Å²) in [6.45, 7) is 3.53. The largest absolute Gasteiger partial charge is 0.507 e. The van der Waals surface area contributed by atoms with E-state index in [2.05, 4.69) is 4.90 Å². The first-order valence-electron chi connectivity index (χ1n) is 11.5. The number of morpholine rings is 1. The number of carbonyl (C=O) groups is 2. The van der Waals surface area contributed by atoms with Gasteiger partial charge in [0.25, 0.3) is 11.7 Å². The molecule has 9 nitrogen and oxygen atoms in total. The van der Waals surface area contributed by atoms with E-state index in [-0.39, 0.29) is 28.3 Å². The van der Waals surface area contributed by atoms with E-state index in [0.717, 1.165) is 17.4 Å². The molecule has 1 amide bonds. The molecule has 1 N–H and O–H groups in total. The number of likely N-dealkylation sites (tertiary alicyclic amines) is 1. The van der Waals surface area contributed by atoms with Crippen molar-refractivity contribution in [2.24, 2.45) is 0 Å². The summed E-state index contributed by atoms with van der Waals surface area (Å²) < 4.78 is 31.3. The summed E-state index contributed by atoms with van der Waals surface area (Å²) in [4.78, 5) is 30.0. The fourth-order valence-electron chi connectivity index (χ4n) is 4.33. The van der Waals surface area contributed by atoms with Crippen LogP contribution in [0, 0.1) is 0 Å². The Morgan fingerprint density at radius 1 is 1.03 bits per heavy atom. The summed E-state index contributed by atoms with van der Waals surface area (Å²) in [5.74, 6) is -1.85. The number of ketones is 1. The number of ether oxygens (including phenoxy) is 1. The van der Waals surface area contributed by atoms with Crippen molar-refractivity contribution >= 4 is 39.1 Å². The molecule has 4 rings (SSSR count). The van der Waals surface area contributed by atoms with Crippen LogP contribution < -0.4 is 0 Å². The lowest BCUT2D eigenvalue weighted by atomic mass is 9.95. The van der Waals surface area contributed by atoms with Gasteiger partial charge in [-0.2, -0.15) is 0 Å². The summed E-state index contributed by atoms with van der Waals surface area (Å²) in [5, 5.41) is 11.7. The first kappa shape index (κ1) is 26.3. The summed E-state index contributed by atoms with van der Waals surface area (Å²) in [7, 11) is -0.814. The number of sulfonamides is 1. The highest BCUT2D eigenvalue weighted by molar-refractivity contribution is 7.89. The van der Waals surface area contributed by atoms with Crippen molar-refractivity contribution in [1.29, 1.82) is 0 Å². The Balaban J connectivity index is 1.72. The Morgan fingerprint density at radius 2 is 1.64 bits per heavy atom. The zero-order chi connectivity index (χ0) is 26.0. The van der Waals surface area contributed by atoms with Gasteiger partial charge in [0.15, 0.2) is 0 Å². The van der Waals surface area contributed by atoms with E-state index in [1.807, 2.05) is 0 Å². The first-order valence-corrected chi connectivity index (χ1v) is 13.3. The number of hydrogen-bond acceptors (Lipinski definition) is 7. The lowest BCUT2D eigenvalue weighted by Crippen LogP contribution is -2.42.